The highest BCUT2D eigenvalue weighted by Crippen LogP contribution is 2.09. The topological polar surface area (TPSA) is 56.1 Å². The molecule has 0 bridgehead atoms. The van der Waals surface area contributed by atoms with E-state index in [1.54, 1.807) is 29.6 Å². The second-order valence-corrected chi connectivity index (χ2v) is 4.89. The Morgan fingerprint density at radius 1 is 1.68 bits per heavy atom. The molecule has 0 amide bonds. The summed E-state index contributed by atoms with van der Waals surface area (Å²) < 4.78 is 6.68. The Bertz CT molecular complexity index is 451. The van der Waals surface area contributed by atoms with Crippen LogP contribution in [-0.2, 0) is 18.3 Å². The van der Waals surface area contributed by atoms with E-state index in [2.05, 4.69) is 16.3 Å². The summed E-state index contributed by atoms with van der Waals surface area (Å²) in [6.45, 7) is 3.57. The number of hydrogen-bond acceptors (Lipinski definition) is 5. The van der Waals surface area contributed by atoms with Gasteiger partial charge in [-0.2, -0.15) is 5.10 Å². The number of carbonyl (C=O) groups excluding carboxylic acids is 1. The second kappa shape index (κ2) is 8.62. The Labute approximate surface area is 118 Å². The van der Waals surface area contributed by atoms with Gasteiger partial charge < -0.3 is 10.1 Å². The summed E-state index contributed by atoms with van der Waals surface area (Å²) in [5.74, 6) is 3.92. The van der Waals surface area contributed by atoms with Crippen molar-refractivity contribution in [1.29, 1.82) is 0 Å². The second-order valence-electron chi connectivity index (χ2n) is 3.78. The number of ether oxygens (including phenoxy) is 1. The number of nitrogens with one attached hydrogen (secondary N) is 1. The summed E-state index contributed by atoms with van der Waals surface area (Å²) in [5, 5.41) is 7.36. The van der Waals surface area contributed by atoms with E-state index in [1.165, 1.54) is 0 Å². The van der Waals surface area contributed by atoms with E-state index in [0.717, 1.165) is 23.7 Å². The number of rotatable bonds is 8. The van der Waals surface area contributed by atoms with E-state index in [4.69, 9.17) is 11.2 Å². The van der Waals surface area contributed by atoms with Crippen LogP contribution in [0.2, 0.25) is 0 Å². The summed E-state index contributed by atoms with van der Waals surface area (Å²) >= 11 is 1.70. The molecule has 1 aromatic rings. The van der Waals surface area contributed by atoms with E-state index in [0.29, 0.717) is 18.7 Å². The number of aromatic nitrogens is 2. The molecule has 0 radical (unpaired) electrons. The van der Waals surface area contributed by atoms with Gasteiger partial charge in [0.15, 0.2) is 0 Å². The predicted molar refractivity (Wildman–Crippen MR) is 77.0 cm³/mol. The highest BCUT2D eigenvalue weighted by Gasteiger charge is 2.16. The first-order valence-corrected chi connectivity index (χ1v) is 7.26. The lowest BCUT2D eigenvalue weighted by Gasteiger charge is -2.07. The Hall–Kier alpha value is -1.45. The molecule has 1 aromatic heterocycles. The Morgan fingerprint density at radius 2 is 2.47 bits per heavy atom. The van der Waals surface area contributed by atoms with Crippen molar-refractivity contribution in [3.63, 3.8) is 0 Å². The van der Waals surface area contributed by atoms with Crippen LogP contribution in [0, 0.1) is 12.3 Å². The third kappa shape index (κ3) is 4.97. The van der Waals surface area contributed by atoms with Gasteiger partial charge in [-0.3, -0.25) is 4.68 Å². The third-order valence-corrected chi connectivity index (χ3v) is 3.32. The first-order valence-electron chi connectivity index (χ1n) is 6.10. The maximum Gasteiger partial charge on any atom is 0.341 e. The van der Waals surface area contributed by atoms with E-state index in [1.807, 2.05) is 7.05 Å². The van der Waals surface area contributed by atoms with Crippen LogP contribution in [0.1, 0.15) is 23.0 Å². The lowest BCUT2D eigenvalue weighted by molar-refractivity contribution is 0.0524. The highest BCUT2D eigenvalue weighted by molar-refractivity contribution is 7.99. The van der Waals surface area contributed by atoms with Crippen molar-refractivity contribution in [3.8, 4) is 12.3 Å². The number of aryl methyl sites for hydroxylation is 1. The van der Waals surface area contributed by atoms with Crippen molar-refractivity contribution in [3.05, 3.63) is 17.5 Å². The van der Waals surface area contributed by atoms with Gasteiger partial charge in [0.05, 0.1) is 24.3 Å². The minimum atomic E-state index is -0.325. The molecule has 0 unspecified atom stereocenters. The fourth-order valence-corrected chi connectivity index (χ4v) is 2.08. The van der Waals surface area contributed by atoms with Crippen LogP contribution in [-0.4, -0.2) is 40.4 Å². The minimum absolute atomic E-state index is 0.325. The molecule has 6 heteroatoms. The van der Waals surface area contributed by atoms with Gasteiger partial charge in [-0.25, -0.2) is 4.79 Å². The molecule has 5 nitrogen and oxygen atoms in total. The largest absolute Gasteiger partial charge is 0.462 e. The van der Waals surface area contributed by atoms with Crippen LogP contribution in [0.4, 0.5) is 0 Å². The molecule has 0 saturated carbocycles. The molecule has 1 rings (SSSR count). The van der Waals surface area contributed by atoms with E-state index < -0.39 is 0 Å². The van der Waals surface area contributed by atoms with E-state index in [-0.39, 0.29) is 5.97 Å². The molecule has 1 N–H and O–H groups in total. The third-order valence-electron chi connectivity index (χ3n) is 2.46. The summed E-state index contributed by atoms with van der Waals surface area (Å²) in [4.78, 5) is 11.7. The SMILES string of the molecule is C#CCSCCNCc1c(C(=O)OCC)cnn1C. The molecular weight excluding hydrogens is 262 g/mol. The summed E-state index contributed by atoms with van der Waals surface area (Å²) in [6.07, 6.45) is 6.71. The van der Waals surface area contributed by atoms with Crippen LogP contribution >= 0.6 is 11.8 Å². The zero-order valence-electron chi connectivity index (χ0n) is 11.3. The van der Waals surface area contributed by atoms with Crippen LogP contribution in [0.25, 0.3) is 0 Å². The maximum atomic E-state index is 11.7. The summed E-state index contributed by atoms with van der Waals surface area (Å²) in [7, 11) is 1.81. The molecule has 0 spiro atoms. The smallest absolute Gasteiger partial charge is 0.341 e. The molecule has 0 aliphatic heterocycles. The van der Waals surface area contributed by atoms with Crippen molar-refractivity contribution in [2.45, 2.75) is 13.5 Å². The predicted octanol–water partition coefficient (Wildman–Crippen LogP) is 1.05. The Kier molecular flexibility index (Phi) is 7.08. The summed E-state index contributed by atoms with van der Waals surface area (Å²) in [5.41, 5.74) is 1.36. The van der Waals surface area contributed by atoms with Crippen LogP contribution in [0.3, 0.4) is 0 Å². The maximum absolute atomic E-state index is 11.7. The average Bonchev–Trinajstić information content (AvgIpc) is 2.76. The summed E-state index contributed by atoms with van der Waals surface area (Å²) in [6, 6.07) is 0. The van der Waals surface area contributed by atoms with Crippen LogP contribution in [0.5, 0.6) is 0 Å². The molecule has 0 aliphatic carbocycles. The normalized spacial score (nSPS) is 10.2. The highest BCUT2D eigenvalue weighted by atomic mass is 32.2. The number of esters is 1. The van der Waals surface area contributed by atoms with Gasteiger partial charge in [0.25, 0.3) is 0 Å². The van der Waals surface area contributed by atoms with Crippen LogP contribution in [0.15, 0.2) is 6.20 Å². The number of carbonyl (C=O) groups is 1. The molecule has 0 fully saturated rings. The van der Waals surface area contributed by atoms with Crippen LogP contribution < -0.4 is 5.32 Å². The fraction of sp³-hybridized carbons (Fsp3) is 0.538. The standard InChI is InChI=1S/C13H19N3O2S/c1-4-7-19-8-6-14-10-12-11(9-15-16(12)3)13(17)18-5-2/h1,9,14H,5-8,10H2,2-3H3. The van der Waals surface area contributed by atoms with Gasteiger partial charge in [0.1, 0.15) is 5.56 Å². The molecule has 1 heterocycles. The monoisotopic (exact) mass is 281 g/mol. The lowest BCUT2D eigenvalue weighted by Crippen LogP contribution is -2.21. The van der Waals surface area contributed by atoms with Gasteiger partial charge in [-0.15, -0.1) is 18.2 Å². The van der Waals surface area contributed by atoms with Gasteiger partial charge in [-0.05, 0) is 6.92 Å². The molecule has 0 atom stereocenters. The quantitative estimate of drug-likeness (QED) is 0.438. The molecule has 0 saturated heterocycles. The van der Waals surface area contributed by atoms with Crippen molar-refractivity contribution in [1.82, 2.24) is 15.1 Å². The Balaban J connectivity index is 2.46. The number of nitrogens with zero attached hydrogens (tertiary/aromatic N) is 2. The molecule has 0 aliphatic rings. The number of terminal acetylenes is 1. The molecular formula is C13H19N3O2S. The number of thioether (sulfide) groups is 1. The zero-order valence-corrected chi connectivity index (χ0v) is 12.1. The molecule has 104 valence electrons. The van der Waals surface area contributed by atoms with E-state index >= 15 is 0 Å². The first kappa shape index (κ1) is 15.6. The minimum Gasteiger partial charge on any atom is -0.462 e. The van der Waals surface area contributed by atoms with Gasteiger partial charge >= 0.3 is 5.97 Å². The number of hydrogen-bond donors (Lipinski definition) is 1. The molecule has 19 heavy (non-hydrogen) atoms. The van der Waals surface area contributed by atoms with E-state index in [9.17, 15) is 4.79 Å². The van der Waals surface area contributed by atoms with Crippen molar-refractivity contribution < 1.29 is 9.53 Å². The van der Waals surface area contributed by atoms with Gasteiger partial charge in [0, 0.05) is 25.9 Å². The van der Waals surface area contributed by atoms with Crippen molar-refractivity contribution in [2.75, 3.05) is 24.7 Å². The Morgan fingerprint density at radius 3 is 3.16 bits per heavy atom. The average molecular weight is 281 g/mol. The van der Waals surface area contributed by atoms with Gasteiger partial charge in [-0.1, -0.05) is 5.92 Å². The fourth-order valence-electron chi connectivity index (χ4n) is 1.53. The lowest BCUT2D eigenvalue weighted by atomic mass is 10.2. The van der Waals surface area contributed by atoms with Crippen molar-refractivity contribution in [2.24, 2.45) is 7.05 Å². The molecule has 0 aromatic carbocycles. The zero-order chi connectivity index (χ0) is 14.1. The first-order chi connectivity index (χ1) is 9.20. The van der Waals surface area contributed by atoms with Crippen molar-refractivity contribution >= 4 is 17.7 Å². The van der Waals surface area contributed by atoms with Gasteiger partial charge in [0.2, 0.25) is 0 Å².